The van der Waals surface area contributed by atoms with Crippen molar-refractivity contribution >= 4 is 5.97 Å². The van der Waals surface area contributed by atoms with Gasteiger partial charge in [-0.25, -0.2) is 4.79 Å². The molecule has 2 nitrogen and oxygen atoms in total. The Bertz CT molecular complexity index is 334. The minimum absolute atomic E-state index is 0.160. The maximum Gasteiger partial charge on any atom is 0.333 e. The van der Waals surface area contributed by atoms with Gasteiger partial charge in [0.25, 0.3) is 0 Å². The lowest BCUT2D eigenvalue weighted by Crippen LogP contribution is -2.39. The van der Waals surface area contributed by atoms with Crippen LogP contribution in [0.15, 0.2) is 12.2 Å². The summed E-state index contributed by atoms with van der Waals surface area (Å²) in [5, 5.41) is 0. The van der Waals surface area contributed by atoms with Crippen molar-refractivity contribution in [3.05, 3.63) is 12.2 Å². The van der Waals surface area contributed by atoms with E-state index < -0.39 is 0 Å². The van der Waals surface area contributed by atoms with Crippen LogP contribution < -0.4 is 0 Å². The second kappa shape index (κ2) is 5.46. The first-order valence-corrected chi connectivity index (χ1v) is 7.48. The first kappa shape index (κ1) is 13.6. The molecule has 0 radical (unpaired) electrons. The van der Waals surface area contributed by atoms with Gasteiger partial charge in [-0.05, 0) is 44.9 Å². The first-order valence-electron chi connectivity index (χ1n) is 7.48. The smallest absolute Gasteiger partial charge is 0.333 e. The third-order valence-corrected chi connectivity index (χ3v) is 4.87. The summed E-state index contributed by atoms with van der Waals surface area (Å²) < 4.78 is 5.94. The zero-order valence-corrected chi connectivity index (χ0v) is 11.8. The molecule has 2 rings (SSSR count). The molecule has 2 saturated carbocycles. The molecule has 0 N–H and O–H groups in total. The van der Waals surface area contributed by atoms with Gasteiger partial charge in [0, 0.05) is 11.5 Å². The molecular formula is C16H26O2. The zero-order chi connectivity index (χ0) is 13.2. The Balaban J connectivity index is 2.12. The highest BCUT2D eigenvalue weighted by molar-refractivity contribution is 5.87. The topological polar surface area (TPSA) is 26.3 Å². The summed E-state index contributed by atoms with van der Waals surface area (Å²) >= 11 is 0. The lowest BCUT2D eigenvalue weighted by Gasteiger charge is -2.35. The van der Waals surface area contributed by atoms with Crippen LogP contribution in [0.2, 0.25) is 0 Å². The summed E-state index contributed by atoms with van der Waals surface area (Å²) in [5.74, 6) is 1.24. The average molecular weight is 250 g/mol. The molecule has 0 heterocycles. The Labute approximate surface area is 111 Å². The average Bonchev–Trinajstić information content (AvgIpc) is 2.91. The van der Waals surface area contributed by atoms with E-state index >= 15 is 0 Å². The third kappa shape index (κ3) is 2.48. The van der Waals surface area contributed by atoms with Gasteiger partial charge in [-0.1, -0.05) is 32.8 Å². The Kier molecular flexibility index (Phi) is 4.14. The summed E-state index contributed by atoms with van der Waals surface area (Å²) in [4.78, 5) is 11.9. The van der Waals surface area contributed by atoms with Gasteiger partial charge < -0.3 is 4.74 Å². The highest BCUT2D eigenvalue weighted by Crippen LogP contribution is 2.53. The molecule has 0 aromatic carbocycles. The minimum atomic E-state index is -0.182. The van der Waals surface area contributed by atoms with E-state index in [0.29, 0.717) is 11.5 Å². The summed E-state index contributed by atoms with van der Waals surface area (Å²) in [6.45, 7) is 7.67. The Morgan fingerprint density at radius 3 is 2.83 bits per heavy atom. The Morgan fingerprint density at radius 2 is 2.17 bits per heavy atom. The van der Waals surface area contributed by atoms with Gasteiger partial charge in [0.15, 0.2) is 0 Å². The molecule has 18 heavy (non-hydrogen) atoms. The number of hydrogen-bond donors (Lipinski definition) is 0. The highest BCUT2D eigenvalue weighted by Gasteiger charge is 2.52. The maximum absolute atomic E-state index is 11.9. The minimum Gasteiger partial charge on any atom is -0.455 e. The van der Waals surface area contributed by atoms with Crippen molar-refractivity contribution < 1.29 is 9.53 Å². The van der Waals surface area contributed by atoms with Crippen LogP contribution in [-0.2, 0) is 9.53 Å². The molecule has 2 fully saturated rings. The number of unbranched alkanes of at least 4 members (excludes halogenated alkanes) is 1. The molecule has 0 spiro atoms. The van der Waals surface area contributed by atoms with Gasteiger partial charge in [0.2, 0.25) is 0 Å². The largest absolute Gasteiger partial charge is 0.455 e. The van der Waals surface area contributed by atoms with Crippen LogP contribution in [0.3, 0.4) is 0 Å². The molecule has 2 heteroatoms. The van der Waals surface area contributed by atoms with Crippen LogP contribution >= 0.6 is 0 Å². The quantitative estimate of drug-likeness (QED) is 0.538. The predicted octanol–water partition coefficient (Wildman–Crippen LogP) is 4.24. The van der Waals surface area contributed by atoms with Crippen molar-refractivity contribution in [1.82, 2.24) is 0 Å². The molecule has 0 aromatic heterocycles. The van der Waals surface area contributed by atoms with Gasteiger partial charge in [-0.2, -0.15) is 0 Å². The van der Waals surface area contributed by atoms with Crippen molar-refractivity contribution in [2.45, 2.75) is 70.8 Å². The van der Waals surface area contributed by atoms with Crippen molar-refractivity contribution in [3.8, 4) is 0 Å². The van der Waals surface area contributed by atoms with E-state index in [4.69, 9.17) is 4.74 Å². The van der Waals surface area contributed by atoms with Crippen LogP contribution in [0.4, 0.5) is 0 Å². The van der Waals surface area contributed by atoms with Crippen LogP contribution in [0.1, 0.15) is 65.2 Å². The summed E-state index contributed by atoms with van der Waals surface area (Å²) in [6, 6.07) is 0. The van der Waals surface area contributed by atoms with Crippen molar-refractivity contribution in [1.29, 1.82) is 0 Å². The first-order chi connectivity index (χ1) is 8.59. The van der Waals surface area contributed by atoms with Crippen LogP contribution in [-0.4, -0.2) is 11.6 Å². The Hall–Kier alpha value is -0.790. The normalized spacial score (nSPS) is 34.3. The Morgan fingerprint density at radius 1 is 1.39 bits per heavy atom. The zero-order valence-electron chi connectivity index (χ0n) is 11.8. The second-order valence-corrected chi connectivity index (χ2v) is 6.17. The van der Waals surface area contributed by atoms with Crippen molar-refractivity contribution in [2.75, 3.05) is 0 Å². The summed E-state index contributed by atoms with van der Waals surface area (Å²) in [5.41, 5.74) is 0.375. The number of carbonyl (C=O) groups is 1. The van der Waals surface area contributed by atoms with E-state index in [0.717, 1.165) is 25.2 Å². The molecule has 0 aliphatic heterocycles. The van der Waals surface area contributed by atoms with E-state index in [1.165, 1.54) is 32.1 Å². The molecule has 3 unspecified atom stereocenters. The monoisotopic (exact) mass is 250 g/mol. The van der Waals surface area contributed by atoms with Crippen molar-refractivity contribution in [2.24, 2.45) is 11.8 Å². The van der Waals surface area contributed by atoms with E-state index in [2.05, 4.69) is 13.5 Å². The van der Waals surface area contributed by atoms with E-state index in [-0.39, 0.29) is 11.6 Å². The van der Waals surface area contributed by atoms with Crippen LogP contribution in [0.25, 0.3) is 0 Å². The van der Waals surface area contributed by atoms with E-state index in [1.807, 2.05) is 0 Å². The fraction of sp³-hybridized carbons (Fsp3) is 0.812. The number of hydrogen-bond acceptors (Lipinski definition) is 2. The third-order valence-electron chi connectivity index (χ3n) is 4.87. The highest BCUT2D eigenvalue weighted by atomic mass is 16.6. The van der Waals surface area contributed by atoms with E-state index in [9.17, 15) is 4.79 Å². The molecule has 0 amide bonds. The number of ether oxygens (including phenoxy) is 1. The standard InChI is InChI=1S/C16H26O2/c1-4-5-10-16(18-15(17)12(2)3)11-9-13-7-6-8-14(13)16/h13-14H,2,4-11H2,1,3H3. The number of rotatable bonds is 5. The van der Waals surface area contributed by atoms with Gasteiger partial charge in [0.05, 0.1) is 0 Å². The number of esters is 1. The molecule has 3 atom stereocenters. The molecule has 0 aromatic rings. The van der Waals surface area contributed by atoms with Crippen LogP contribution in [0.5, 0.6) is 0 Å². The second-order valence-electron chi connectivity index (χ2n) is 6.17. The fourth-order valence-corrected chi connectivity index (χ4v) is 3.93. The van der Waals surface area contributed by atoms with Crippen LogP contribution in [0, 0.1) is 11.8 Å². The number of fused-ring (bicyclic) bond motifs is 1. The number of carbonyl (C=O) groups excluding carboxylic acids is 1. The molecule has 2 aliphatic carbocycles. The molecule has 2 aliphatic rings. The van der Waals surface area contributed by atoms with Gasteiger partial charge in [-0.3, -0.25) is 0 Å². The van der Waals surface area contributed by atoms with Gasteiger partial charge in [0.1, 0.15) is 5.60 Å². The molecule has 102 valence electrons. The molecular weight excluding hydrogens is 224 g/mol. The molecule has 0 saturated heterocycles. The lowest BCUT2D eigenvalue weighted by atomic mass is 9.83. The fourth-order valence-electron chi connectivity index (χ4n) is 3.93. The van der Waals surface area contributed by atoms with Gasteiger partial charge >= 0.3 is 5.97 Å². The summed E-state index contributed by atoms with van der Waals surface area (Å²) in [7, 11) is 0. The predicted molar refractivity (Wildman–Crippen MR) is 73.2 cm³/mol. The maximum atomic E-state index is 11.9. The van der Waals surface area contributed by atoms with E-state index in [1.54, 1.807) is 6.92 Å². The van der Waals surface area contributed by atoms with Gasteiger partial charge in [-0.15, -0.1) is 0 Å². The SMILES string of the molecule is C=C(C)C(=O)OC1(CCCC)CCC2CCCC21. The lowest BCUT2D eigenvalue weighted by molar-refractivity contribution is -0.160. The summed E-state index contributed by atoms with van der Waals surface area (Å²) in [6.07, 6.45) is 9.59. The van der Waals surface area contributed by atoms with Crippen molar-refractivity contribution in [3.63, 3.8) is 0 Å². The molecule has 0 bridgehead atoms.